The Hall–Kier alpha value is -0.0800. The van der Waals surface area contributed by atoms with Gasteiger partial charge in [0.1, 0.15) is 0 Å². The maximum Gasteiger partial charge on any atom is 0.0166 e. The van der Waals surface area contributed by atoms with E-state index in [4.69, 9.17) is 0 Å². The first-order chi connectivity index (χ1) is 5.07. The number of nitrogens with zero attached hydrogens (tertiary/aromatic N) is 1. The van der Waals surface area contributed by atoms with Crippen LogP contribution in [0.3, 0.4) is 0 Å². The Labute approximate surface area is 71.0 Å². The van der Waals surface area contributed by atoms with Gasteiger partial charge in [0, 0.05) is 18.6 Å². The Bertz CT molecular complexity index is 91.6. The summed E-state index contributed by atoms with van der Waals surface area (Å²) in [5.74, 6) is 0. The van der Waals surface area contributed by atoms with Gasteiger partial charge in [0.05, 0.1) is 0 Å². The van der Waals surface area contributed by atoms with E-state index in [1.165, 1.54) is 0 Å². The molecular weight excluding hydrogens is 136 g/mol. The van der Waals surface area contributed by atoms with Crippen LogP contribution in [-0.2, 0) is 0 Å². The van der Waals surface area contributed by atoms with Crippen LogP contribution in [0, 0.1) is 0 Å². The van der Waals surface area contributed by atoms with Crippen LogP contribution in [0.4, 0.5) is 0 Å². The zero-order chi connectivity index (χ0) is 8.85. The Morgan fingerprint density at radius 2 is 1.82 bits per heavy atom. The molecule has 0 heterocycles. The summed E-state index contributed by atoms with van der Waals surface area (Å²) in [6.07, 6.45) is 0. The predicted octanol–water partition coefficient (Wildman–Crippen LogP) is 1.32. The van der Waals surface area contributed by atoms with Crippen molar-refractivity contribution in [1.29, 1.82) is 0 Å². The van der Waals surface area contributed by atoms with Gasteiger partial charge in [0.15, 0.2) is 0 Å². The molecule has 0 bridgehead atoms. The van der Waals surface area contributed by atoms with E-state index in [0.717, 1.165) is 13.1 Å². The highest BCUT2D eigenvalue weighted by atomic mass is 15.1. The van der Waals surface area contributed by atoms with Gasteiger partial charge in [-0.05, 0) is 34.4 Å². The van der Waals surface area contributed by atoms with Gasteiger partial charge in [-0.2, -0.15) is 0 Å². The van der Waals surface area contributed by atoms with Crippen molar-refractivity contribution in [3.05, 3.63) is 0 Å². The molecule has 68 valence electrons. The molecule has 0 fully saturated rings. The highest BCUT2D eigenvalue weighted by Crippen LogP contribution is 1.94. The molecule has 0 spiro atoms. The second kappa shape index (κ2) is 5.56. The molecule has 1 atom stereocenters. The van der Waals surface area contributed by atoms with E-state index in [0.29, 0.717) is 12.1 Å². The Morgan fingerprint density at radius 3 is 2.18 bits per heavy atom. The zero-order valence-electron chi connectivity index (χ0n) is 8.52. The van der Waals surface area contributed by atoms with Crippen LogP contribution in [0.15, 0.2) is 0 Å². The van der Waals surface area contributed by atoms with Gasteiger partial charge in [-0.25, -0.2) is 0 Å². The molecule has 0 rings (SSSR count). The van der Waals surface area contributed by atoms with E-state index >= 15 is 0 Å². The number of hydrogen-bond donors (Lipinski definition) is 1. The fourth-order valence-corrected chi connectivity index (χ4v) is 1.06. The normalized spacial score (nSPS) is 14.5. The smallest absolute Gasteiger partial charge is 0.0166 e. The lowest BCUT2D eigenvalue weighted by molar-refractivity contribution is 0.248. The Morgan fingerprint density at radius 1 is 1.27 bits per heavy atom. The van der Waals surface area contributed by atoms with Gasteiger partial charge in [0.25, 0.3) is 0 Å². The lowest BCUT2D eigenvalue weighted by Gasteiger charge is -2.25. The topological polar surface area (TPSA) is 15.3 Å². The molecule has 0 amide bonds. The van der Waals surface area contributed by atoms with Gasteiger partial charge >= 0.3 is 0 Å². The van der Waals surface area contributed by atoms with Crippen molar-refractivity contribution in [2.24, 2.45) is 0 Å². The molecule has 0 saturated carbocycles. The summed E-state index contributed by atoms with van der Waals surface area (Å²) >= 11 is 0. The third-order valence-electron chi connectivity index (χ3n) is 2.00. The van der Waals surface area contributed by atoms with Crippen LogP contribution in [-0.4, -0.2) is 37.1 Å². The Balaban J connectivity index is 3.48. The first kappa shape index (κ1) is 10.9. The predicted molar refractivity (Wildman–Crippen MR) is 50.9 cm³/mol. The van der Waals surface area contributed by atoms with E-state index in [9.17, 15) is 0 Å². The number of rotatable bonds is 5. The zero-order valence-corrected chi connectivity index (χ0v) is 8.52. The molecule has 0 aliphatic carbocycles. The van der Waals surface area contributed by atoms with Crippen molar-refractivity contribution >= 4 is 0 Å². The molecule has 0 radical (unpaired) electrons. The Kier molecular flexibility index (Phi) is 5.51. The summed E-state index contributed by atoms with van der Waals surface area (Å²) in [4.78, 5) is 2.35. The van der Waals surface area contributed by atoms with Crippen LogP contribution in [0.5, 0.6) is 0 Å². The van der Waals surface area contributed by atoms with Gasteiger partial charge in [-0.15, -0.1) is 0 Å². The molecule has 0 aromatic rings. The molecule has 0 aliphatic heterocycles. The minimum atomic E-state index is 0.604. The molecule has 2 nitrogen and oxygen atoms in total. The van der Waals surface area contributed by atoms with Crippen LogP contribution in [0.2, 0.25) is 0 Å². The summed E-state index contributed by atoms with van der Waals surface area (Å²) in [7, 11) is 2.17. The maximum atomic E-state index is 3.39. The van der Waals surface area contributed by atoms with Crippen LogP contribution < -0.4 is 5.32 Å². The summed E-state index contributed by atoms with van der Waals surface area (Å²) in [6.45, 7) is 11.0. The quantitative estimate of drug-likeness (QED) is 0.649. The summed E-state index contributed by atoms with van der Waals surface area (Å²) < 4.78 is 0. The highest BCUT2D eigenvalue weighted by molar-refractivity contribution is 4.66. The van der Waals surface area contributed by atoms with Crippen LogP contribution >= 0.6 is 0 Å². The molecule has 0 saturated heterocycles. The fourth-order valence-electron chi connectivity index (χ4n) is 1.06. The molecular formula is C9H22N2. The SMILES string of the molecule is CCNC(C)CN(C)C(C)C. The third-order valence-corrected chi connectivity index (χ3v) is 2.00. The average Bonchev–Trinajstić information content (AvgIpc) is 1.87. The lowest BCUT2D eigenvalue weighted by Crippen LogP contribution is -2.40. The molecule has 0 aliphatic rings. The van der Waals surface area contributed by atoms with Crippen LogP contribution in [0.1, 0.15) is 27.7 Å². The lowest BCUT2D eigenvalue weighted by atomic mass is 10.2. The monoisotopic (exact) mass is 158 g/mol. The van der Waals surface area contributed by atoms with E-state index < -0.39 is 0 Å². The van der Waals surface area contributed by atoms with E-state index in [2.05, 4.69) is 45.0 Å². The van der Waals surface area contributed by atoms with Crippen LogP contribution in [0.25, 0.3) is 0 Å². The second-order valence-electron chi connectivity index (χ2n) is 3.49. The van der Waals surface area contributed by atoms with Crippen molar-refractivity contribution in [3.8, 4) is 0 Å². The van der Waals surface area contributed by atoms with Gasteiger partial charge in [-0.1, -0.05) is 6.92 Å². The van der Waals surface area contributed by atoms with Crippen molar-refractivity contribution in [1.82, 2.24) is 10.2 Å². The maximum absolute atomic E-state index is 3.39. The minimum Gasteiger partial charge on any atom is -0.313 e. The van der Waals surface area contributed by atoms with Crippen molar-refractivity contribution in [2.45, 2.75) is 39.8 Å². The van der Waals surface area contributed by atoms with E-state index in [1.54, 1.807) is 0 Å². The average molecular weight is 158 g/mol. The van der Waals surface area contributed by atoms with E-state index in [1.807, 2.05) is 0 Å². The van der Waals surface area contributed by atoms with Gasteiger partial charge in [0.2, 0.25) is 0 Å². The summed E-state index contributed by atoms with van der Waals surface area (Å²) in [6, 6.07) is 1.25. The van der Waals surface area contributed by atoms with Crippen molar-refractivity contribution in [2.75, 3.05) is 20.1 Å². The number of hydrogen-bond acceptors (Lipinski definition) is 2. The first-order valence-corrected chi connectivity index (χ1v) is 4.51. The van der Waals surface area contributed by atoms with Crippen molar-refractivity contribution < 1.29 is 0 Å². The minimum absolute atomic E-state index is 0.604. The molecule has 11 heavy (non-hydrogen) atoms. The molecule has 2 heteroatoms. The standard InChI is InChI=1S/C9H22N2/c1-6-10-9(4)7-11(5)8(2)3/h8-10H,6-7H2,1-5H3. The molecule has 1 N–H and O–H groups in total. The van der Waals surface area contributed by atoms with Gasteiger partial charge < -0.3 is 10.2 Å². The van der Waals surface area contributed by atoms with E-state index in [-0.39, 0.29) is 0 Å². The molecule has 1 unspecified atom stereocenters. The fraction of sp³-hybridized carbons (Fsp3) is 1.00. The second-order valence-corrected chi connectivity index (χ2v) is 3.49. The number of nitrogens with one attached hydrogen (secondary N) is 1. The third kappa shape index (κ3) is 5.22. The molecule has 0 aromatic heterocycles. The summed E-state index contributed by atoms with van der Waals surface area (Å²) in [5.41, 5.74) is 0. The summed E-state index contributed by atoms with van der Waals surface area (Å²) in [5, 5.41) is 3.39. The first-order valence-electron chi connectivity index (χ1n) is 4.51. The van der Waals surface area contributed by atoms with Gasteiger partial charge in [-0.3, -0.25) is 0 Å². The largest absolute Gasteiger partial charge is 0.313 e. The highest BCUT2D eigenvalue weighted by Gasteiger charge is 2.06. The molecule has 0 aromatic carbocycles. The number of likely N-dealkylation sites (N-methyl/N-ethyl adjacent to an activating group) is 2. The van der Waals surface area contributed by atoms with Crippen molar-refractivity contribution in [3.63, 3.8) is 0 Å².